The summed E-state index contributed by atoms with van der Waals surface area (Å²) in [6.45, 7) is 2.14. The Labute approximate surface area is 140 Å². The summed E-state index contributed by atoms with van der Waals surface area (Å²) in [5.41, 5.74) is 3.14. The summed E-state index contributed by atoms with van der Waals surface area (Å²) in [4.78, 5) is 26.7. The van der Waals surface area contributed by atoms with Crippen LogP contribution in [0.1, 0.15) is 28.1 Å². The van der Waals surface area contributed by atoms with Gasteiger partial charge in [0.05, 0.1) is 11.4 Å². The maximum atomic E-state index is 12.7. The number of likely N-dealkylation sites (N-methyl/N-ethyl adjacent to an activating group) is 1. The van der Waals surface area contributed by atoms with Crippen LogP contribution in [0, 0.1) is 6.92 Å². The Bertz CT molecular complexity index is 717. The summed E-state index contributed by atoms with van der Waals surface area (Å²) in [7, 11) is 1.67. The van der Waals surface area contributed by atoms with Gasteiger partial charge in [0.15, 0.2) is 0 Å². The van der Waals surface area contributed by atoms with E-state index in [0.29, 0.717) is 10.9 Å². The zero-order valence-electron chi connectivity index (χ0n) is 13.3. The fraction of sp³-hybridized carbons (Fsp3) is 0.333. The number of hydrogen-bond acceptors (Lipinski definition) is 3. The zero-order chi connectivity index (χ0) is 16.4. The van der Waals surface area contributed by atoms with E-state index in [-0.39, 0.29) is 18.4 Å². The molecule has 0 aliphatic heterocycles. The van der Waals surface area contributed by atoms with Crippen molar-refractivity contribution in [3.63, 3.8) is 0 Å². The number of aryl methyl sites for hydroxylation is 1. The number of amides is 2. The highest BCUT2D eigenvalue weighted by molar-refractivity contribution is 7.12. The van der Waals surface area contributed by atoms with Gasteiger partial charge in [0.2, 0.25) is 5.91 Å². The molecule has 1 fully saturated rings. The lowest BCUT2D eigenvalue weighted by Gasteiger charge is -2.17. The van der Waals surface area contributed by atoms with Crippen LogP contribution in [0.3, 0.4) is 0 Å². The third-order valence-electron chi connectivity index (χ3n) is 3.89. The van der Waals surface area contributed by atoms with Gasteiger partial charge in [-0.2, -0.15) is 0 Å². The van der Waals surface area contributed by atoms with Crippen molar-refractivity contribution in [3.8, 4) is 11.1 Å². The molecular weight excluding hydrogens is 308 g/mol. The summed E-state index contributed by atoms with van der Waals surface area (Å²) >= 11 is 1.42. The summed E-state index contributed by atoms with van der Waals surface area (Å²) in [5, 5.41) is 4.83. The van der Waals surface area contributed by atoms with Crippen LogP contribution in [0.2, 0.25) is 0 Å². The highest BCUT2D eigenvalue weighted by Gasteiger charge is 2.25. The molecule has 1 heterocycles. The predicted octanol–water partition coefficient (Wildman–Crippen LogP) is 3.07. The number of thiophene rings is 1. The average Bonchev–Trinajstić information content (AvgIpc) is 3.20. The predicted molar refractivity (Wildman–Crippen MR) is 92.6 cm³/mol. The van der Waals surface area contributed by atoms with E-state index in [9.17, 15) is 9.59 Å². The normalized spacial score (nSPS) is 13.7. The molecule has 3 rings (SSSR count). The van der Waals surface area contributed by atoms with Gasteiger partial charge in [0.1, 0.15) is 0 Å². The largest absolute Gasteiger partial charge is 0.352 e. The number of nitrogens with one attached hydrogen (secondary N) is 1. The molecule has 0 bridgehead atoms. The molecule has 2 amide bonds. The van der Waals surface area contributed by atoms with Gasteiger partial charge >= 0.3 is 0 Å². The van der Waals surface area contributed by atoms with Crippen LogP contribution in [0.15, 0.2) is 35.7 Å². The standard InChI is InChI=1S/C18H20N2O2S/c1-12-3-5-13(6-4-12)15-9-10-23-17(15)18(22)20(2)11-16(21)19-14-7-8-14/h3-6,9-10,14H,7-8,11H2,1-2H3,(H,19,21). The Morgan fingerprint density at radius 1 is 1.22 bits per heavy atom. The van der Waals surface area contributed by atoms with Gasteiger partial charge in [0, 0.05) is 18.7 Å². The number of benzene rings is 1. The average molecular weight is 328 g/mol. The Morgan fingerprint density at radius 2 is 1.91 bits per heavy atom. The van der Waals surface area contributed by atoms with Gasteiger partial charge in [-0.05, 0) is 36.8 Å². The summed E-state index contributed by atoms with van der Waals surface area (Å²) < 4.78 is 0. The molecule has 0 saturated heterocycles. The summed E-state index contributed by atoms with van der Waals surface area (Å²) in [6, 6.07) is 10.4. The molecule has 2 aromatic rings. The van der Waals surface area contributed by atoms with Crippen molar-refractivity contribution in [2.24, 2.45) is 0 Å². The van der Waals surface area contributed by atoms with E-state index < -0.39 is 0 Å². The minimum atomic E-state index is -0.110. The molecule has 5 heteroatoms. The van der Waals surface area contributed by atoms with Gasteiger partial charge in [-0.3, -0.25) is 9.59 Å². The number of nitrogens with zero attached hydrogens (tertiary/aromatic N) is 1. The molecular formula is C18H20N2O2S. The molecule has 1 saturated carbocycles. The van der Waals surface area contributed by atoms with Crippen molar-refractivity contribution >= 4 is 23.2 Å². The highest BCUT2D eigenvalue weighted by atomic mass is 32.1. The first-order valence-electron chi connectivity index (χ1n) is 7.74. The minimum Gasteiger partial charge on any atom is -0.352 e. The molecule has 1 aliphatic rings. The zero-order valence-corrected chi connectivity index (χ0v) is 14.2. The Balaban J connectivity index is 1.73. The van der Waals surface area contributed by atoms with E-state index in [1.54, 1.807) is 7.05 Å². The molecule has 1 aromatic carbocycles. The second-order valence-electron chi connectivity index (χ2n) is 6.03. The minimum absolute atomic E-state index is 0.0863. The van der Waals surface area contributed by atoms with E-state index >= 15 is 0 Å². The maximum Gasteiger partial charge on any atom is 0.264 e. The first kappa shape index (κ1) is 15.7. The van der Waals surface area contributed by atoms with Gasteiger partial charge < -0.3 is 10.2 Å². The monoisotopic (exact) mass is 328 g/mol. The molecule has 0 atom stereocenters. The van der Waals surface area contributed by atoms with Crippen LogP contribution < -0.4 is 5.32 Å². The number of rotatable bonds is 5. The van der Waals surface area contributed by atoms with Crippen molar-refractivity contribution in [3.05, 3.63) is 46.2 Å². The summed E-state index contributed by atoms with van der Waals surface area (Å²) in [5.74, 6) is -0.196. The highest BCUT2D eigenvalue weighted by Crippen LogP contribution is 2.29. The van der Waals surface area contributed by atoms with Crippen LogP contribution in [-0.2, 0) is 4.79 Å². The fourth-order valence-electron chi connectivity index (χ4n) is 2.40. The Kier molecular flexibility index (Phi) is 4.48. The van der Waals surface area contributed by atoms with Crippen LogP contribution in [0.5, 0.6) is 0 Å². The fourth-order valence-corrected chi connectivity index (χ4v) is 3.31. The smallest absolute Gasteiger partial charge is 0.264 e. The molecule has 0 radical (unpaired) electrons. The van der Waals surface area contributed by atoms with Crippen LogP contribution in [0.4, 0.5) is 0 Å². The lowest BCUT2D eigenvalue weighted by Crippen LogP contribution is -2.39. The van der Waals surface area contributed by atoms with Crippen molar-refractivity contribution < 1.29 is 9.59 Å². The van der Waals surface area contributed by atoms with Gasteiger partial charge in [-0.25, -0.2) is 0 Å². The van der Waals surface area contributed by atoms with E-state index in [2.05, 4.69) is 5.32 Å². The molecule has 1 aliphatic carbocycles. The summed E-state index contributed by atoms with van der Waals surface area (Å²) in [6.07, 6.45) is 2.10. The van der Waals surface area contributed by atoms with Crippen molar-refractivity contribution in [2.45, 2.75) is 25.8 Å². The lowest BCUT2D eigenvalue weighted by molar-refractivity contribution is -0.121. The molecule has 23 heavy (non-hydrogen) atoms. The molecule has 0 unspecified atom stereocenters. The van der Waals surface area contributed by atoms with Gasteiger partial charge in [-0.15, -0.1) is 11.3 Å². The second kappa shape index (κ2) is 6.54. The Hall–Kier alpha value is -2.14. The molecule has 120 valence electrons. The van der Waals surface area contributed by atoms with E-state index in [4.69, 9.17) is 0 Å². The van der Waals surface area contributed by atoms with Crippen LogP contribution in [0.25, 0.3) is 11.1 Å². The first-order chi connectivity index (χ1) is 11.0. The second-order valence-corrected chi connectivity index (χ2v) is 6.95. The quantitative estimate of drug-likeness (QED) is 0.917. The maximum absolute atomic E-state index is 12.7. The van der Waals surface area contributed by atoms with Crippen molar-refractivity contribution in [2.75, 3.05) is 13.6 Å². The number of carbonyl (C=O) groups is 2. The molecule has 1 N–H and O–H groups in total. The SMILES string of the molecule is Cc1ccc(-c2ccsc2C(=O)N(C)CC(=O)NC2CC2)cc1. The molecule has 1 aromatic heterocycles. The van der Waals surface area contributed by atoms with E-state index in [1.807, 2.05) is 42.6 Å². The van der Waals surface area contributed by atoms with E-state index in [1.165, 1.54) is 21.8 Å². The lowest BCUT2D eigenvalue weighted by atomic mass is 10.0. The van der Waals surface area contributed by atoms with Gasteiger partial charge in [0.25, 0.3) is 5.91 Å². The molecule has 4 nitrogen and oxygen atoms in total. The van der Waals surface area contributed by atoms with E-state index in [0.717, 1.165) is 24.0 Å². The van der Waals surface area contributed by atoms with Crippen LogP contribution in [-0.4, -0.2) is 36.3 Å². The topological polar surface area (TPSA) is 49.4 Å². The first-order valence-corrected chi connectivity index (χ1v) is 8.62. The Morgan fingerprint density at radius 3 is 2.57 bits per heavy atom. The van der Waals surface area contributed by atoms with Crippen molar-refractivity contribution in [1.29, 1.82) is 0 Å². The number of carbonyl (C=O) groups excluding carboxylic acids is 2. The third-order valence-corrected chi connectivity index (χ3v) is 4.79. The van der Waals surface area contributed by atoms with Crippen molar-refractivity contribution in [1.82, 2.24) is 10.2 Å². The number of hydrogen-bond donors (Lipinski definition) is 1. The third kappa shape index (κ3) is 3.79. The van der Waals surface area contributed by atoms with Crippen LogP contribution >= 0.6 is 11.3 Å². The van der Waals surface area contributed by atoms with Gasteiger partial charge in [-0.1, -0.05) is 29.8 Å². The molecule has 0 spiro atoms.